The molecule has 0 saturated heterocycles. The van der Waals surface area contributed by atoms with Crippen LogP contribution in [-0.2, 0) is 16.6 Å². The zero-order valence-corrected chi connectivity index (χ0v) is 12.4. The van der Waals surface area contributed by atoms with Gasteiger partial charge in [-0.25, -0.2) is 0 Å². The number of halogens is 1. The van der Waals surface area contributed by atoms with Gasteiger partial charge in [0, 0.05) is 22.8 Å². The topological polar surface area (TPSA) is 86.9 Å². The van der Waals surface area contributed by atoms with Crippen LogP contribution in [0.5, 0.6) is 0 Å². The van der Waals surface area contributed by atoms with Crippen molar-refractivity contribution in [1.82, 2.24) is 15.5 Å². The Kier molecular flexibility index (Phi) is 4.64. The third-order valence-corrected chi connectivity index (χ3v) is 4.26. The van der Waals surface area contributed by atoms with E-state index in [9.17, 15) is 8.42 Å². The number of aromatic nitrogens is 2. The van der Waals surface area contributed by atoms with E-state index in [0.29, 0.717) is 22.8 Å². The van der Waals surface area contributed by atoms with Gasteiger partial charge in [-0.1, -0.05) is 18.5 Å². The van der Waals surface area contributed by atoms with Crippen molar-refractivity contribution in [3.05, 3.63) is 41.0 Å². The number of hydrogen-bond acceptors (Lipinski definition) is 4. The molecule has 20 heavy (non-hydrogen) atoms. The number of nitrogens with zero attached hydrogens (tertiary/aromatic N) is 1. The zero-order valence-electron chi connectivity index (χ0n) is 10.9. The summed E-state index contributed by atoms with van der Waals surface area (Å²) < 4.78 is 27.1. The Bertz CT molecular complexity index is 667. The van der Waals surface area contributed by atoms with E-state index in [1.54, 1.807) is 24.3 Å². The van der Waals surface area contributed by atoms with Crippen LogP contribution in [0.3, 0.4) is 0 Å². The molecule has 108 valence electrons. The highest BCUT2D eigenvalue weighted by Gasteiger charge is 2.20. The maximum absolute atomic E-state index is 12.3. The predicted octanol–water partition coefficient (Wildman–Crippen LogP) is 1.97. The molecule has 0 aliphatic carbocycles. The van der Waals surface area contributed by atoms with Crippen LogP contribution >= 0.6 is 11.6 Å². The molecule has 1 aromatic carbocycles. The summed E-state index contributed by atoms with van der Waals surface area (Å²) in [6.45, 7) is 3.12. The second-order valence-electron chi connectivity index (χ2n) is 4.12. The molecule has 1 aromatic heterocycles. The van der Waals surface area contributed by atoms with Gasteiger partial charge in [-0.3, -0.25) is 9.82 Å². The molecule has 2 aromatic rings. The second kappa shape index (κ2) is 6.25. The number of aromatic amines is 1. The van der Waals surface area contributed by atoms with Gasteiger partial charge < -0.3 is 5.32 Å². The van der Waals surface area contributed by atoms with Crippen LogP contribution in [0.15, 0.2) is 35.5 Å². The summed E-state index contributed by atoms with van der Waals surface area (Å²) in [5.74, 6) is 0. The van der Waals surface area contributed by atoms with Crippen molar-refractivity contribution in [2.45, 2.75) is 18.5 Å². The molecule has 3 N–H and O–H groups in total. The standard InChI is InChI=1S/C12H15ClN4O2S/c1-2-14-7-9-8-15-16-12(9)20(18,19)17-11-5-3-10(13)4-6-11/h3-6,8,14,17H,2,7H2,1H3,(H,15,16). The van der Waals surface area contributed by atoms with E-state index in [1.165, 1.54) is 6.20 Å². The lowest BCUT2D eigenvalue weighted by Gasteiger charge is -2.08. The van der Waals surface area contributed by atoms with Crippen LogP contribution in [0.2, 0.25) is 5.02 Å². The first-order chi connectivity index (χ1) is 9.53. The Morgan fingerprint density at radius 2 is 2.00 bits per heavy atom. The van der Waals surface area contributed by atoms with Crippen LogP contribution in [0.25, 0.3) is 0 Å². The Balaban J connectivity index is 2.22. The van der Waals surface area contributed by atoms with Gasteiger partial charge in [0.2, 0.25) is 0 Å². The fourth-order valence-electron chi connectivity index (χ4n) is 1.64. The fraction of sp³-hybridized carbons (Fsp3) is 0.250. The number of benzene rings is 1. The van der Waals surface area contributed by atoms with Gasteiger partial charge >= 0.3 is 0 Å². The highest BCUT2D eigenvalue weighted by molar-refractivity contribution is 7.92. The first kappa shape index (κ1) is 14.8. The van der Waals surface area contributed by atoms with E-state index in [4.69, 9.17) is 11.6 Å². The second-order valence-corrected chi connectivity index (χ2v) is 6.17. The highest BCUT2D eigenvalue weighted by Crippen LogP contribution is 2.19. The molecular formula is C12H15ClN4O2S. The van der Waals surface area contributed by atoms with E-state index in [-0.39, 0.29) is 5.03 Å². The number of nitrogens with one attached hydrogen (secondary N) is 3. The lowest BCUT2D eigenvalue weighted by atomic mass is 10.3. The minimum atomic E-state index is -3.70. The lowest BCUT2D eigenvalue weighted by molar-refractivity contribution is 0.594. The number of hydrogen-bond donors (Lipinski definition) is 3. The average Bonchev–Trinajstić information content (AvgIpc) is 2.88. The van der Waals surface area contributed by atoms with Crippen molar-refractivity contribution >= 4 is 27.3 Å². The quantitative estimate of drug-likeness (QED) is 0.761. The van der Waals surface area contributed by atoms with Crippen molar-refractivity contribution < 1.29 is 8.42 Å². The number of anilines is 1. The Labute approximate surface area is 122 Å². The normalized spacial score (nSPS) is 11.5. The van der Waals surface area contributed by atoms with Gasteiger partial charge in [0.25, 0.3) is 10.0 Å². The fourth-order valence-corrected chi connectivity index (χ4v) is 2.96. The van der Waals surface area contributed by atoms with Gasteiger partial charge in [0.1, 0.15) is 0 Å². The van der Waals surface area contributed by atoms with Crippen molar-refractivity contribution in [2.75, 3.05) is 11.3 Å². The molecule has 0 radical (unpaired) electrons. The van der Waals surface area contributed by atoms with Crippen molar-refractivity contribution in [2.24, 2.45) is 0 Å². The number of H-pyrrole nitrogens is 1. The van der Waals surface area contributed by atoms with Crippen LogP contribution in [0.1, 0.15) is 12.5 Å². The first-order valence-electron chi connectivity index (χ1n) is 6.04. The third kappa shape index (κ3) is 3.50. The molecule has 0 fully saturated rings. The van der Waals surface area contributed by atoms with E-state index < -0.39 is 10.0 Å². The smallest absolute Gasteiger partial charge is 0.279 e. The van der Waals surface area contributed by atoms with Crippen molar-refractivity contribution in [1.29, 1.82) is 0 Å². The molecule has 8 heteroatoms. The summed E-state index contributed by atoms with van der Waals surface area (Å²) >= 11 is 5.76. The maximum Gasteiger partial charge on any atom is 0.279 e. The van der Waals surface area contributed by atoms with Crippen LogP contribution < -0.4 is 10.0 Å². The molecule has 2 rings (SSSR count). The summed E-state index contributed by atoms with van der Waals surface area (Å²) in [4.78, 5) is 0. The molecule has 0 saturated carbocycles. The Morgan fingerprint density at radius 1 is 1.30 bits per heavy atom. The minimum Gasteiger partial charge on any atom is -0.313 e. The zero-order chi connectivity index (χ0) is 14.6. The van der Waals surface area contributed by atoms with Crippen molar-refractivity contribution in [3.8, 4) is 0 Å². The van der Waals surface area contributed by atoms with Gasteiger partial charge in [0.15, 0.2) is 5.03 Å². The molecule has 0 aliphatic heterocycles. The van der Waals surface area contributed by atoms with E-state index in [2.05, 4.69) is 20.2 Å². The highest BCUT2D eigenvalue weighted by atomic mass is 35.5. The maximum atomic E-state index is 12.3. The van der Waals surface area contributed by atoms with Crippen LogP contribution in [0.4, 0.5) is 5.69 Å². The molecule has 0 aliphatic rings. The van der Waals surface area contributed by atoms with Crippen LogP contribution in [0, 0.1) is 0 Å². The lowest BCUT2D eigenvalue weighted by Crippen LogP contribution is -2.18. The molecular weight excluding hydrogens is 300 g/mol. The third-order valence-electron chi connectivity index (χ3n) is 2.61. The SMILES string of the molecule is CCNCc1cn[nH]c1S(=O)(=O)Nc1ccc(Cl)cc1. The largest absolute Gasteiger partial charge is 0.313 e. The molecule has 0 spiro atoms. The molecule has 0 unspecified atom stereocenters. The van der Waals surface area contributed by atoms with Gasteiger partial charge in [-0.2, -0.15) is 13.5 Å². The summed E-state index contributed by atoms with van der Waals surface area (Å²) in [5.41, 5.74) is 1.03. The van der Waals surface area contributed by atoms with E-state index in [0.717, 1.165) is 6.54 Å². The van der Waals surface area contributed by atoms with Gasteiger partial charge in [0.05, 0.1) is 6.20 Å². The monoisotopic (exact) mass is 314 g/mol. The molecule has 6 nitrogen and oxygen atoms in total. The summed E-state index contributed by atoms with van der Waals surface area (Å²) in [6.07, 6.45) is 1.50. The van der Waals surface area contributed by atoms with Gasteiger partial charge in [-0.05, 0) is 30.8 Å². The molecule has 0 bridgehead atoms. The predicted molar refractivity (Wildman–Crippen MR) is 78.2 cm³/mol. The minimum absolute atomic E-state index is 0.0633. The number of rotatable bonds is 6. The first-order valence-corrected chi connectivity index (χ1v) is 7.90. The van der Waals surface area contributed by atoms with Gasteiger partial charge in [-0.15, -0.1) is 0 Å². The molecule has 0 atom stereocenters. The number of sulfonamides is 1. The van der Waals surface area contributed by atoms with E-state index >= 15 is 0 Å². The summed E-state index contributed by atoms with van der Waals surface area (Å²) in [5, 5.41) is 9.98. The summed E-state index contributed by atoms with van der Waals surface area (Å²) in [6, 6.07) is 6.43. The van der Waals surface area contributed by atoms with Crippen molar-refractivity contribution in [3.63, 3.8) is 0 Å². The van der Waals surface area contributed by atoms with E-state index in [1.807, 2.05) is 6.92 Å². The Hall–Kier alpha value is -1.57. The summed E-state index contributed by atoms with van der Waals surface area (Å²) in [7, 11) is -3.70. The molecule has 1 heterocycles. The average molecular weight is 315 g/mol. The Morgan fingerprint density at radius 3 is 2.65 bits per heavy atom. The molecule has 0 amide bonds. The van der Waals surface area contributed by atoms with Crippen LogP contribution in [-0.4, -0.2) is 25.2 Å².